The molecule has 0 spiro atoms. The molecule has 1 aromatic carbocycles. The van der Waals surface area contributed by atoms with Crippen molar-refractivity contribution in [3.8, 4) is 0 Å². The van der Waals surface area contributed by atoms with Gasteiger partial charge in [0.25, 0.3) is 0 Å². The van der Waals surface area contributed by atoms with Gasteiger partial charge in [-0.1, -0.05) is 25.1 Å². The lowest BCUT2D eigenvalue weighted by Crippen LogP contribution is -2.13. The Balaban J connectivity index is 2.41. The van der Waals surface area contributed by atoms with E-state index in [0.29, 0.717) is 12.5 Å². The van der Waals surface area contributed by atoms with Gasteiger partial charge in [-0.15, -0.1) is 0 Å². The Labute approximate surface area is 97.6 Å². The van der Waals surface area contributed by atoms with Crippen molar-refractivity contribution in [1.29, 1.82) is 0 Å². The van der Waals surface area contributed by atoms with Gasteiger partial charge in [-0.25, -0.2) is 0 Å². The summed E-state index contributed by atoms with van der Waals surface area (Å²) >= 11 is 3.35. The molecule has 0 fully saturated rings. The topological polar surface area (TPSA) is 39.2 Å². The SMILES string of the molecule is CC(CN)Cc1cccc2cc(Br)oc12. The smallest absolute Gasteiger partial charge is 0.170 e. The van der Waals surface area contributed by atoms with E-state index in [0.717, 1.165) is 22.1 Å². The maximum atomic E-state index is 5.63. The number of para-hydroxylation sites is 1. The first-order valence-electron chi connectivity index (χ1n) is 5.07. The summed E-state index contributed by atoms with van der Waals surface area (Å²) in [6.07, 6.45) is 0.966. The largest absolute Gasteiger partial charge is 0.449 e. The van der Waals surface area contributed by atoms with Crippen molar-refractivity contribution in [2.24, 2.45) is 11.7 Å². The lowest BCUT2D eigenvalue weighted by molar-refractivity contribution is 0.561. The van der Waals surface area contributed by atoms with Gasteiger partial charge in [-0.05, 0) is 46.4 Å². The molecule has 2 rings (SSSR count). The first-order valence-corrected chi connectivity index (χ1v) is 5.87. The number of nitrogens with two attached hydrogens (primary N) is 1. The molecular formula is C12H14BrNO. The summed E-state index contributed by atoms with van der Waals surface area (Å²) in [5, 5.41) is 1.14. The van der Waals surface area contributed by atoms with E-state index in [1.165, 1.54) is 5.56 Å². The van der Waals surface area contributed by atoms with E-state index >= 15 is 0 Å². The van der Waals surface area contributed by atoms with Crippen molar-refractivity contribution < 1.29 is 4.42 Å². The fourth-order valence-corrected chi connectivity index (χ4v) is 2.12. The Morgan fingerprint density at radius 1 is 1.47 bits per heavy atom. The molecule has 0 bridgehead atoms. The van der Waals surface area contributed by atoms with Gasteiger partial charge in [-0.3, -0.25) is 0 Å². The molecule has 2 aromatic rings. The van der Waals surface area contributed by atoms with Gasteiger partial charge in [0.15, 0.2) is 4.67 Å². The zero-order chi connectivity index (χ0) is 10.8. The Morgan fingerprint density at radius 2 is 2.27 bits per heavy atom. The van der Waals surface area contributed by atoms with E-state index in [1.807, 2.05) is 6.07 Å². The fourth-order valence-electron chi connectivity index (χ4n) is 1.71. The predicted molar refractivity (Wildman–Crippen MR) is 65.8 cm³/mol. The summed E-state index contributed by atoms with van der Waals surface area (Å²) in [6.45, 7) is 2.86. The molecule has 0 aliphatic heterocycles. The molecule has 1 heterocycles. The first kappa shape index (κ1) is 10.7. The second kappa shape index (κ2) is 4.37. The summed E-state index contributed by atoms with van der Waals surface area (Å²) in [4.78, 5) is 0. The Kier molecular flexibility index (Phi) is 3.12. The molecule has 0 saturated carbocycles. The number of furan rings is 1. The summed E-state index contributed by atoms with van der Waals surface area (Å²) in [5.41, 5.74) is 7.84. The zero-order valence-electron chi connectivity index (χ0n) is 8.66. The molecule has 1 atom stereocenters. The van der Waals surface area contributed by atoms with E-state index < -0.39 is 0 Å². The minimum absolute atomic E-state index is 0.486. The highest BCUT2D eigenvalue weighted by Crippen LogP contribution is 2.27. The fraction of sp³-hybridized carbons (Fsp3) is 0.333. The second-order valence-corrected chi connectivity index (χ2v) is 4.71. The average Bonchev–Trinajstić information content (AvgIpc) is 2.59. The van der Waals surface area contributed by atoms with Crippen LogP contribution in [0.15, 0.2) is 33.4 Å². The number of halogens is 1. The Hall–Kier alpha value is -0.800. The summed E-state index contributed by atoms with van der Waals surface area (Å²) < 4.78 is 6.40. The summed E-state index contributed by atoms with van der Waals surface area (Å²) in [7, 11) is 0. The predicted octanol–water partition coefficient (Wildman–Crippen LogP) is 3.33. The van der Waals surface area contributed by atoms with Crippen LogP contribution in [0.5, 0.6) is 0 Å². The molecule has 15 heavy (non-hydrogen) atoms. The van der Waals surface area contributed by atoms with Crippen molar-refractivity contribution in [3.63, 3.8) is 0 Å². The molecule has 2 nitrogen and oxygen atoms in total. The molecule has 80 valence electrons. The van der Waals surface area contributed by atoms with Crippen molar-refractivity contribution in [3.05, 3.63) is 34.5 Å². The molecule has 1 unspecified atom stereocenters. The first-order chi connectivity index (χ1) is 7.20. The third-order valence-electron chi connectivity index (χ3n) is 2.57. The number of hydrogen-bond acceptors (Lipinski definition) is 2. The van der Waals surface area contributed by atoms with Gasteiger partial charge < -0.3 is 10.2 Å². The standard InChI is InChI=1S/C12H14BrNO/c1-8(7-14)5-9-3-2-4-10-6-11(13)15-12(9)10/h2-4,6,8H,5,7,14H2,1H3. The van der Waals surface area contributed by atoms with E-state index in [-0.39, 0.29) is 0 Å². The molecule has 0 aliphatic rings. The van der Waals surface area contributed by atoms with Gasteiger partial charge >= 0.3 is 0 Å². The molecule has 2 N–H and O–H groups in total. The highest BCUT2D eigenvalue weighted by atomic mass is 79.9. The van der Waals surface area contributed by atoms with E-state index in [9.17, 15) is 0 Å². The maximum absolute atomic E-state index is 5.63. The molecule has 0 saturated heterocycles. The molecular weight excluding hydrogens is 254 g/mol. The Morgan fingerprint density at radius 3 is 3.00 bits per heavy atom. The van der Waals surface area contributed by atoms with Crippen LogP contribution in [0.2, 0.25) is 0 Å². The zero-order valence-corrected chi connectivity index (χ0v) is 10.3. The van der Waals surface area contributed by atoms with Crippen molar-refractivity contribution in [2.45, 2.75) is 13.3 Å². The maximum Gasteiger partial charge on any atom is 0.170 e. The van der Waals surface area contributed by atoms with Crippen LogP contribution in [0.4, 0.5) is 0 Å². The number of fused-ring (bicyclic) bond motifs is 1. The second-order valence-electron chi connectivity index (χ2n) is 3.93. The highest BCUT2D eigenvalue weighted by Gasteiger charge is 2.09. The monoisotopic (exact) mass is 267 g/mol. The quantitative estimate of drug-likeness (QED) is 0.927. The number of rotatable bonds is 3. The van der Waals surface area contributed by atoms with Crippen LogP contribution in [-0.2, 0) is 6.42 Å². The van der Waals surface area contributed by atoms with Crippen LogP contribution in [0.3, 0.4) is 0 Å². The van der Waals surface area contributed by atoms with Crippen LogP contribution in [-0.4, -0.2) is 6.54 Å². The summed E-state index contributed by atoms with van der Waals surface area (Å²) in [5.74, 6) is 0.486. The van der Waals surface area contributed by atoms with Crippen LogP contribution in [0.25, 0.3) is 11.0 Å². The van der Waals surface area contributed by atoms with Crippen LogP contribution >= 0.6 is 15.9 Å². The lowest BCUT2D eigenvalue weighted by Gasteiger charge is -2.08. The van der Waals surface area contributed by atoms with Gasteiger partial charge in [0, 0.05) is 5.39 Å². The minimum atomic E-state index is 0.486. The van der Waals surface area contributed by atoms with Gasteiger partial charge in [0.2, 0.25) is 0 Å². The molecule has 0 radical (unpaired) electrons. The number of benzene rings is 1. The van der Waals surface area contributed by atoms with Crippen molar-refractivity contribution in [1.82, 2.24) is 0 Å². The van der Waals surface area contributed by atoms with E-state index in [1.54, 1.807) is 0 Å². The van der Waals surface area contributed by atoms with Crippen LogP contribution < -0.4 is 5.73 Å². The average molecular weight is 268 g/mol. The van der Waals surface area contributed by atoms with Crippen LogP contribution in [0.1, 0.15) is 12.5 Å². The molecule has 3 heteroatoms. The highest BCUT2D eigenvalue weighted by molar-refractivity contribution is 9.10. The number of hydrogen-bond donors (Lipinski definition) is 1. The van der Waals surface area contributed by atoms with Gasteiger partial charge in [-0.2, -0.15) is 0 Å². The Bertz CT molecular complexity index is 464. The van der Waals surface area contributed by atoms with E-state index in [2.05, 4.69) is 41.1 Å². The molecule has 0 aliphatic carbocycles. The normalized spacial score (nSPS) is 13.3. The third-order valence-corrected chi connectivity index (χ3v) is 2.96. The summed E-state index contributed by atoms with van der Waals surface area (Å²) in [6, 6.07) is 8.21. The van der Waals surface area contributed by atoms with Crippen molar-refractivity contribution >= 4 is 26.9 Å². The molecule has 0 amide bonds. The molecule has 1 aromatic heterocycles. The lowest BCUT2D eigenvalue weighted by atomic mass is 10.00. The minimum Gasteiger partial charge on any atom is -0.449 e. The van der Waals surface area contributed by atoms with Gasteiger partial charge in [0.1, 0.15) is 5.58 Å². The van der Waals surface area contributed by atoms with E-state index in [4.69, 9.17) is 10.2 Å². The van der Waals surface area contributed by atoms with Crippen molar-refractivity contribution in [2.75, 3.05) is 6.54 Å². The van der Waals surface area contributed by atoms with Crippen LogP contribution in [0, 0.1) is 5.92 Å². The third kappa shape index (κ3) is 2.24. The van der Waals surface area contributed by atoms with Gasteiger partial charge in [0.05, 0.1) is 0 Å².